The van der Waals surface area contributed by atoms with Crippen molar-refractivity contribution in [1.82, 2.24) is 0 Å². The fourth-order valence-corrected chi connectivity index (χ4v) is 0.705. The van der Waals surface area contributed by atoms with Crippen LogP contribution in [0.3, 0.4) is 0 Å². The molecule has 0 N–H and O–H groups in total. The second-order valence-electron chi connectivity index (χ2n) is 2.36. The van der Waals surface area contributed by atoms with Gasteiger partial charge in [-0.2, -0.15) is 0 Å². The molecule has 0 radical (unpaired) electrons. The van der Waals surface area contributed by atoms with E-state index in [1.54, 1.807) is 0 Å². The second kappa shape index (κ2) is 5.72. The number of allylic oxidation sites excluding steroid dienone is 6. The minimum Gasteiger partial charge on any atom is -0.0985 e. The molecule has 0 spiro atoms. The molecule has 0 heteroatoms. The van der Waals surface area contributed by atoms with Crippen molar-refractivity contribution < 1.29 is 0 Å². The summed E-state index contributed by atoms with van der Waals surface area (Å²) in [5.41, 5.74) is 2.26. The van der Waals surface area contributed by atoms with Crippen molar-refractivity contribution in [3.05, 3.63) is 48.6 Å². The third-order valence-electron chi connectivity index (χ3n) is 1.42. The molecular weight excluding hydrogens is 132 g/mol. The summed E-state index contributed by atoms with van der Waals surface area (Å²) >= 11 is 0. The van der Waals surface area contributed by atoms with Crippen LogP contribution >= 0.6 is 0 Å². The Morgan fingerprint density at radius 1 is 1.45 bits per heavy atom. The monoisotopic (exact) mass is 148 g/mol. The summed E-state index contributed by atoms with van der Waals surface area (Å²) in [5, 5.41) is 0. The lowest BCUT2D eigenvalue weighted by Gasteiger charge is -1.95. The minimum atomic E-state index is 0.995. The molecule has 0 unspecified atom stereocenters. The van der Waals surface area contributed by atoms with E-state index in [9.17, 15) is 0 Å². The molecular formula is C11H16. The first-order valence-corrected chi connectivity index (χ1v) is 3.89. The summed E-state index contributed by atoms with van der Waals surface area (Å²) in [6.07, 6.45) is 8.90. The van der Waals surface area contributed by atoms with Crippen LogP contribution in [0.1, 0.15) is 20.3 Å². The maximum atomic E-state index is 3.89. The van der Waals surface area contributed by atoms with E-state index in [0.717, 1.165) is 17.6 Å². The van der Waals surface area contributed by atoms with Gasteiger partial charge in [-0.1, -0.05) is 50.0 Å². The molecule has 11 heavy (non-hydrogen) atoms. The van der Waals surface area contributed by atoms with Crippen molar-refractivity contribution in [1.29, 1.82) is 0 Å². The topological polar surface area (TPSA) is 0 Å². The van der Waals surface area contributed by atoms with Gasteiger partial charge in [0.05, 0.1) is 0 Å². The minimum absolute atomic E-state index is 0.995. The van der Waals surface area contributed by atoms with Crippen LogP contribution < -0.4 is 0 Å². The Bertz CT molecular complexity index is 192. The summed E-state index contributed by atoms with van der Waals surface area (Å²) in [7, 11) is 0. The predicted molar refractivity (Wildman–Crippen MR) is 52.5 cm³/mol. The molecule has 0 aliphatic heterocycles. The van der Waals surface area contributed by atoms with E-state index in [-0.39, 0.29) is 0 Å². The van der Waals surface area contributed by atoms with Crippen LogP contribution in [-0.2, 0) is 0 Å². The number of hydrogen-bond donors (Lipinski definition) is 0. The molecule has 60 valence electrons. The fraction of sp³-hybridized carbons (Fsp3) is 0.273. The molecule has 0 nitrogen and oxygen atoms in total. The molecule has 0 aromatic carbocycles. The van der Waals surface area contributed by atoms with Gasteiger partial charge in [0.1, 0.15) is 0 Å². The van der Waals surface area contributed by atoms with Crippen molar-refractivity contribution >= 4 is 0 Å². The lowest BCUT2D eigenvalue weighted by molar-refractivity contribution is 1.16. The van der Waals surface area contributed by atoms with Gasteiger partial charge in [0, 0.05) is 0 Å². The average molecular weight is 148 g/mol. The largest absolute Gasteiger partial charge is 0.0985 e. The highest BCUT2D eigenvalue weighted by molar-refractivity contribution is 5.35. The third-order valence-corrected chi connectivity index (χ3v) is 1.42. The zero-order valence-corrected chi connectivity index (χ0v) is 7.43. The maximum absolute atomic E-state index is 3.89. The first kappa shape index (κ1) is 9.96. The van der Waals surface area contributed by atoms with Crippen molar-refractivity contribution in [2.75, 3.05) is 0 Å². The van der Waals surface area contributed by atoms with Gasteiger partial charge in [-0.3, -0.25) is 0 Å². The van der Waals surface area contributed by atoms with Gasteiger partial charge in [0.2, 0.25) is 0 Å². The first-order chi connectivity index (χ1) is 5.24. The molecule has 0 aromatic heterocycles. The number of hydrogen-bond acceptors (Lipinski definition) is 0. The number of rotatable bonds is 4. The summed E-state index contributed by atoms with van der Waals surface area (Å²) < 4.78 is 0. The molecule has 0 amide bonds. The van der Waals surface area contributed by atoms with Gasteiger partial charge >= 0.3 is 0 Å². The lowest BCUT2D eigenvalue weighted by atomic mass is 10.1. The Balaban J connectivity index is 4.34. The zero-order valence-electron chi connectivity index (χ0n) is 7.43. The highest BCUT2D eigenvalue weighted by Crippen LogP contribution is 2.06. The fourth-order valence-electron chi connectivity index (χ4n) is 0.705. The van der Waals surface area contributed by atoms with Crippen LogP contribution in [-0.4, -0.2) is 0 Å². The van der Waals surface area contributed by atoms with Gasteiger partial charge in [0.15, 0.2) is 0 Å². The van der Waals surface area contributed by atoms with Gasteiger partial charge in [-0.25, -0.2) is 0 Å². The Labute approximate surface area is 69.6 Å². The molecule has 0 bridgehead atoms. The molecule has 0 heterocycles. The van der Waals surface area contributed by atoms with Crippen molar-refractivity contribution in [3.63, 3.8) is 0 Å². The molecule has 0 saturated heterocycles. The van der Waals surface area contributed by atoms with E-state index in [1.165, 1.54) is 0 Å². The summed E-state index contributed by atoms with van der Waals surface area (Å²) in [5.74, 6) is 0. The van der Waals surface area contributed by atoms with Crippen molar-refractivity contribution in [3.8, 4) is 0 Å². The van der Waals surface area contributed by atoms with Crippen molar-refractivity contribution in [2.45, 2.75) is 20.3 Å². The van der Waals surface area contributed by atoms with Crippen molar-refractivity contribution in [2.24, 2.45) is 0 Å². The Kier molecular flexibility index (Phi) is 5.18. The van der Waals surface area contributed by atoms with E-state index in [1.807, 2.05) is 31.2 Å². The van der Waals surface area contributed by atoms with Crippen LogP contribution in [0.2, 0.25) is 0 Å². The highest BCUT2D eigenvalue weighted by atomic mass is 13.9. The SMILES string of the molecule is C=CC(C=CC)=CC(=C)CC. The summed E-state index contributed by atoms with van der Waals surface area (Å²) in [6, 6.07) is 0. The zero-order chi connectivity index (χ0) is 8.69. The standard InChI is InChI=1S/C11H16/c1-5-8-11(7-3)9-10(4)6-2/h5,7-9H,3-4,6H2,1-2H3. The third kappa shape index (κ3) is 4.38. The van der Waals surface area contributed by atoms with E-state index in [0.29, 0.717) is 0 Å². The van der Waals surface area contributed by atoms with Gasteiger partial charge < -0.3 is 0 Å². The second-order valence-corrected chi connectivity index (χ2v) is 2.36. The Hall–Kier alpha value is -1.04. The molecule has 0 fully saturated rings. The first-order valence-electron chi connectivity index (χ1n) is 3.89. The highest BCUT2D eigenvalue weighted by Gasteiger charge is 1.85. The van der Waals surface area contributed by atoms with Crippen LogP contribution in [0.5, 0.6) is 0 Å². The Morgan fingerprint density at radius 3 is 2.45 bits per heavy atom. The normalized spacial score (nSPS) is 12.0. The molecule has 0 aromatic rings. The van der Waals surface area contributed by atoms with Crippen LogP contribution in [0.15, 0.2) is 48.6 Å². The molecule has 0 aliphatic carbocycles. The van der Waals surface area contributed by atoms with Gasteiger partial charge in [-0.05, 0) is 18.9 Å². The summed E-state index contributed by atoms with van der Waals surface area (Å²) in [6.45, 7) is 11.7. The average Bonchev–Trinajstić information content (AvgIpc) is 2.03. The predicted octanol–water partition coefficient (Wildman–Crippen LogP) is 3.64. The van der Waals surface area contributed by atoms with E-state index in [4.69, 9.17) is 0 Å². The van der Waals surface area contributed by atoms with E-state index >= 15 is 0 Å². The van der Waals surface area contributed by atoms with Gasteiger partial charge in [-0.15, -0.1) is 0 Å². The maximum Gasteiger partial charge on any atom is -0.0263 e. The molecule has 0 rings (SSSR count). The lowest BCUT2D eigenvalue weighted by Crippen LogP contribution is -1.74. The smallest absolute Gasteiger partial charge is 0.0263 e. The summed E-state index contributed by atoms with van der Waals surface area (Å²) in [4.78, 5) is 0. The van der Waals surface area contributed by atoms with Crippen LogP contribution in [0.25, 0.3) is 0 Å². The van der Waals surface area contributed by atoms with Gasteiger partial charge in [0.25, 0.3) is 0 Å². The quantitative estimate of drug-likeness (QED) is 0.534. The van der Waals surface area contributed by atoms with E-state index in [2.05, 4.69) is 20.1 Å². The molecule has 0 aliphatic rings. The van der Waals surface area contributed by atoms with Crippen LogP contribution in [0.4, 0.5) is 0 Å². The molecule has 0 atom stereocenters. The molecule has 0 saturated carbocycles. The Morgan fingerprint density at radius 2 is 2.09 bits per heavy atom. The van der Waals surface area contributed by atoms with E-state index < -0.39 is 0 Å². The van der Waals surface area contributed by atoms with Crippen LogP contribution in [0, 0.1) is 0 Å².